The molecule has 4 nitrogen and oxygen atoms in total. The van der Waals surface area contributed by atoms with Crippen molar-refractivity contribution in [1.82, 2.24) is 0 Å². The quantitative estimate of drug-likeness (QED) is 0.793. The minimum atomic E-state index is -1.24. The highest BCUT2D eigenvalue weighted by atomic mass is 35.5. The average molecular weight is 324 g/mol. The summed E-state index contributed by atoms with van der Waals surface area (Å²) in [5.41, 5.74) is 1.19. The molecule has 0 aliphatic heterocycles. The maximum absolute atomic E-state index is 10.7. The van der Waals surface area contributed by atoms with E-state index in [1.165, 1.54) is 24.3 Å². The molecule has 6 heteroatoms. The van der Waals surface area contributed by atoms with Gasteiger partial charge in [0.1, 0.15) is 12.9 Å². The number of carbonyl (C=O) groups excluding carboxylic acids is 2. The van der Waals surface area contributed by atoms with Crippen molar-refractivity contribution in [3.8, 4) is 5.75 Å². The number of carboxylic acid groups (broad SMARTS) is 1. The normalized spacial score (nSPS) is 10.2. The van der Waals surface area contributed by atoms with E-state index in [0.29, 0.717) is 11.8 Å². The summed E-state index contributed by atoms with van der Waals surface area (Å²) in [7, 11) is 0. The van der Waals surface area contributed by atoms with E-state index in [0.717, 1.165) is 5.56 Å². The van der Waals surface area contributed by atoms with E-state index in [9.17, 15) is 14.7 Å². The first-order valence-electron chi connectivity index (χ1n) is 5.88. The summed E-state index contributed by atoms with van der Waals surface area (Å²) in [6, 6.07) is 8.96. The standard InChI is InChI=1S/C15H10Cl2O4/c16-12-5-10(7-18)6-13(17)14(12)21-8-9-1-3-11(4-2-9)15(19)20/h1-7H,8H2,(H,19,20)/p-1. The zero-order valence-electron chi connectivity index (χ0n) is 10.6. The lowest BCUT2D eigenvalue weighted by Gasteiger charge is -2.11. The fourth-order valence-corrected chi connectivity index (χ4v) is 2.29. The van der Waals surface area contributed by atoms with E-state index in [-0.39, 0.29) is 28.0 Å². The number of benzene rings is 2. The third-order valence-electron chi connectivity index (χ3n) is 2.73. The number of carboxylic acids is 1. The molecule has 2 rings (SSSR count). The van der Waals surface area contributed by atoms with Crippen molar-refractivity contribution in [2.75, 3.05) is 0 Å². The minimum absolute atomic E-state index is 0.0881. The zero-order chi connectivity index (χ0) is 15.4. The molecular formula is C15H9Cl2O4-. The predicted molar refractivity (Wildman–Crippen MR) is 77.0 cm³/mol. The largest absolute Gasteiger partial charge is 0.545 e. The Morgan fingerprint density at radius 3 is 2.19 bits per heavy atom. The molecule has 0 saturated heterocycles. The van der Waals surface area contributed by atoms with Crippen molar-refractivity contribution in [2.45, 2.75) is 6.61 Å². The first-order valence-corrected chi connectivity index (χ1v) is 6.64. The van der Waals surface area contributed by atoms with Crippen LogP contribution in [0.3, 0.4) is 0 Å². The van der Waals surface area contributed by atoms with E-state index in [1.807, 2.05) is 0 Å². The van der Waals surface area contributed by atoms with Gasteiger partial charge < -0.3 is 14.6 Å². The van der Waals surface area contributed by atoms with Crippen LogP contribution in [0.5, 0.6) is 5.75 Å². The van der Waals surface area contributed by atoms with Gasteiger partial charge in [0.25, 0.3) is 0 Å². The van der Waals surface area contributed by atoms with Crippen molar-refractivity contribution in [3.63, 3.8) is 0 Å². The number of hydrogen-bond acceptors (Lipinski definition) is 4. The summed E-state index contributed by atoms with van der Waals surface area (Å²) in [6.45, 7) is 0.160. The molecule has 0 N–H and O–H groups in total. The maximum Gasteiger partial charge on any atom is 0.157 e. The Hall–Kier alpha value is -2.04. The molecule has 108 valence electrons. The molecule has 0 atom stereocenters. The SMILES string of the molecule is O=Cc1cc(Cl)c(OCc2ccc(C(=O)[O-])cc2)c(Cl)c1. The Balaban J connectivity index is 2.13. The van der Waals surface area contributed by atoms with Gasteiger partial charge in [0, 0.05) is 5.56 Å². The third kappa shape index (κ3) is 3.74. The first-order chi connectivity index (χ1) is 10.0. The van der Waals surface area contributed by atoms with E-state index in [4.69, 9.17) is 27.9 Å². The number of hydrogen-bond donors (Lipinski definition) is 0. The van der Waals surface area contributed by atoms with Crippen LogP contribution < -0.4 is 9.84 Å². The Morgan fingerprint density at radius 1 is 1.14 bits per heavy atom. The number of ether oxygens (including phenoxy) is 1. The molecule has 0 heterocycles. The van der Waals surface area contributed by atoms with Crippen LogP contribution in [0.2, 0.25) is 10.0 Å². The van der Waals surface area contributed by atoms with Crippen LogP contribution in [-0.2, 0) is 6.61 Å². The van der Waals surface area contributed by atoms with Crippen LogP contribution in [0.25, 0.3) is 0 Å². The number of aldehydes is 1. The van der Waals surface area contributed by atoms with Gasteiger partial charge in [0.2, 0.25) is 0 Å². The molecule has 0 bridgehead atoms. The lowest BCUT2D eigenvalue weighted by atomic mass is 10.1. The van der Waals surface area contributed by atoms with Crippen molar-refractivity contribution < 1.29 is 19.4 Å². The van der Waals surface area contributed by atoms with Gasteiger partial charge in [-0.1, -0.05) is 47.5 Å². The summed E-state index contributed by atoms with van der Waals surface area (Å²) >= 11 is 12.0. The topological polar surface area (TPSA) is 66.4 Å². The smallest absolute Gasteiger partial charge is 0.157 e. The molecule has 0 spiro atoms. The van der Waals surface area contributed by atoms with E-state index < -0.39 is 5.97 Å². The fourth-order valence-electron chi connectivity index (χ4n) is 1.68. The van der Waals surface area contributed by atoms with Crippen molar-refractivity contribution >= 4 is 35.5 Å². The first kappa shape index (κ1) is 15.4. The van der Waals surface area contributed by atoms with Crippen molar-refractivity contribution in [3.05, 3.63) is 63.1 Å². The molecule has 21 heavy (non-hydrogen) atoms. The number of rotatable bonds is 5. The Labute approximate surface area is 130 Å². The average Bonchev–Trinajstić information content (AvgIpc) is 2.46. The van der Waals surface area contributed by atoms with E-state index in [2.05, 4.69) is 0 Å². The van der Waals surface area contributed by atoms with Gasteiger partial charge in [0.15, 0.2) is 5.75 Å². The van der Waals surface area contributed by atoms with E-state index >= 15 is 0 Å². The van der Waals surface area contributed by atoms with Gasteiger partial charge in [-0.05, 0) is 23.3 Å². The van der Waals surface area contributed by atoms with Gasteiger partial charge in [-0.15, -0.1) is 0 Å². The molecule has 0 aliphatic rings. The van der Waals surface area contributed by atoms with Gasteiger partial charge in [-0.3, -0.25) is 4.79 Å². The molecule has 0 fully saturated rings. The summed E-state index contributed by atoms with van der Waals surface area (Å²) in [5.74, 6) is -0.967. The number of halogens is 2. The second-order valence-corrected chi connectivity index (χ2v) is 5.02. The third-order valence-corrected chi connectivity index (χ3v) is 3.29. The van der Waals surface area contributed by atoms with Crippen LogP contribution in [0.15, 0.2) is 36.4 Å². The molecule has 0 aromatic heterocycles. The highest BCUT2D eigenvalue weighted by Crippen LogP contribution is 2.34. The van der Waals surface area contributed by atoms with Crippen LogP contribution >= 0.6 is 23.2 Å². The molecular weight excluding hydrogens is 315 g/mol. The minimum Gasteiger partial charge on any atom is -0.545 e. The van der Waals surface area contributed by atoms with Crippen LogP contribution in [0.4, 0.5) is 0 Å². The Kier molecular flexibility index (Phi) is 4.83. The van der Waals surface area contributed by atoms with Crippen LogP contribution in [-0.4, -0.2) is 12.3 Å². The summed E-state index contributed by atoms with van der Waals surface area (Å²) < 4.78 is 5.51. The predicted octanol–water partition coefficient (Wildman–Crippen LogP) is 2.75. The lowest BCUT2D eigenvalue weighted by Crippen LogP contribution is -2.22. The molecule has 2 aromatic rings. The fraction of sp³-hybridized carbons (Fsp3) is 0.0667. The van der Waals surface area contributed by atoms with Gasteiger partial charge in [-0.2, -0.15) is 0 Å². The van der Waals surface area contributed by atoms with Gasteiger partial charge >= 0.3 is 0 Å². The molecule has 0 saturated carbocycles. The van der Waals surface area contributed by atoms with Crippen molar-refractivity contribution in [1.29, 1.82) is 0 Å². The lowest BCUT2D eigenvalue weighted by molar-refractivity contribution is -0.255. The summed E-state index contributed by atoms with van der Waals surface area (Å²) in [4.78, 5) is 21.3. The molecule has 2 aromatic carbocycles. The second kappa shape index (κ2) is 6.61. The van der Waals surface area contributed by atoms with Crippen molar-refractivity contribution in [2.24, 2.45) is 0 Å². The Bertz CT molecular complexity index is 658. The van der Waals surface area contributed by atoms with Gasteiger partial charge in [0.05, 0.1) is 16.0 Å². The summed E-state index contributed by atoms with van der Waals surface area (Å²) in [5, 5.41) is 11.1. The molecule has 0 amide bonds. The maximum atomic E-state index is 10.7. The van der Waals surface area contributed by atoms with E-state index in [1.54, 1.807) is 12.1 Å². The van der Waals surface area contributed by atoms with Crippen LogP contribution in [0.1, 0.15) is 26.3 Å². The zero-order valence-corrected chi connectivity index (χ0v) is 12.1. The summed E-state index contributed by atoms with van der Waals surface area (Å²) in [6.07, 6.45) is 0.639. The highest BCUT2D eigenvalue weighted by molar-refractivity contribution is 6.37. The second-order valence-electron chi connectivity index (χ2n) is 4.20. The van der Waals surface area contributed by atoms with Crippen LogP contribution in [0, 0.1) is 0 Å². The number of aromatic carboxylic acids is 1. The Morgan fingerprint density at radius 2 is 1.71 bits per heavy atom. The molecule has 0 radical (unpaired) electrons. The van der Waals surface area contributed by atoms with Gasteiger partial charge in [-0.25, -0.2) is 0 Å². The molecule has 0 unspecified atom stereocenters. The monoisotopic (exact) mass is 323 g/mol. The molecule has 0 aliphatic carbocycles. The highest BCUT2D eigenvalue weighted by Gasteiger charge is 2.10. The number of carbonyl (C=O) groups is 2.